The van der Waals surface area contributed by atoms with Crippen molar-refractivity contribution in [1.29, 1.82) is 0 Å². The minimum absolute atomic E-state index is 0. The van der Waals surface area contributed by atoms with Crippen molar-refractivity contribution in [2.75, 3.05) is 13.1 Å². The number of hydrogen-bond donors (Lipinski definition) is 0. The van der Waals surface area contributed by atoms with E-state index in [1.165, 1.54) is 12.8 Å². The van der Waals surface area contributed by atoms with Gasteiger partial charge in [0, 0.05) is 13.1 Å². The van der Waals surface area contributed by atoms with Gasteiger partial charge < -0.3 is 20.2 Å². The number of aliphatic imine (C=N–C) groups is 2. The van der Waals surface area contributed by atoms with Gasteiger partial charge in [0.05, 0.1) is 0 Å². The molecule has 2 rings (SSSR count). The van der Waals surface area contributed by atoms with Gasteiger partial charge in [-0.2, -0.15) is 0 Å². The zero-order chi connectivity index (χ0) is 11.6. The van der Waals surface area contributed by atoms with Crippen LogP contribution >= 0.6 is 0 Å². The average molecular weight is 264 g/mol. The molecule has 0 saturated carbocycles. The Morgan fingerprint density at radius 2 is 1.06 bits per heavy atom. The van der Waals surface area contributed by atoms with Crippen LogP contribution in [-0.2, 0) is 0 Å². The number of rotatable bonds is 0. The summed E-state index contributed by atoms with van der Waals surface area (Å²) in [7, 11) is 0. The largest absolute Gasteiger partial charge is 2.00 e. The van der Waals surface area contributed by atoms with Crippen LogP contribution in [0.2, 0.25) is 0 Å². The second-order valence-electron chi connectivity index (χ2n) is 4.17. The predicted octanol–water partition coefficient (Wildman–Crippen LogP) is 0.258. The van der Waals surface area contributed by atoms with Crippen molar-refractivity contribution in [3.63, 3.8) is 0 Å². The zero-order valence-electron chi connectivity index (χ0n) is 10.5. The molecule has 0 amide bonds. The third-order valence-corrected chi connectivity index (χ3v) is 2.67. The topological polar surface area (TPSA) is 70.8 Å². The first kappa shape index (κ1) is 17.2. The van der Waals surface area contributed by atoms with Gasteiger partial charge in [-0.15, -0.1) is 0 Å². The standard InChI is InChI=1S/2C6H11NO.Ca/c2*8-6-4-2-1-3-5-7-6;/h2*1-5H2,(H,7,8);/q;;+2/p-2. The van der Waals surface area contributed by atoms with E-state index in [2.05, 4.69) is 9.98 Å². The van der Waals surface area contributed by atoms with Crippen molar-refractivity contribution in [2.24, 2.45) is 9.98 Å². The van der Waals surface area contributed by atoms with Gasteiger partial charge in [0.2, 0.25) is 0 Å². The van der Waals surface area contributed by atoms with Gasteiger partial charge in [-0.25, -0.2) is 0 Å². The van der Waals surface area contributed by atoms with Gasteiger partial charge in [0.15, 0.2) is 0 Å². The van der Waals surface area contributed by atoms with Gasteiger partial charge in [-0.05, 0) is 50.3 Å². The van der Waals surface area contributed by atoms with Gasteiger partial charge in [-0.3, -0.25) is 0 Å². The summed E-state index contributed by atoms with van der Waals surface area (Å²) in [6.07, 6.45) is 8.01. The van der Waals surface area contributed by atoms with Gasteiger partial charge in [-0.1, -0.05) is 12.8 Å². The van der Waals surface area contributed by atoms with E-state index in [1.54, 1.807) is 0 Å². The second-order valence-corrected chi connectivity index (χ2v) is 4.17. The molecule has 0 radical (unpaired) electrons. The van der Waals surface area contributed by atoms with Crippen LogP contribution in [0.5, 0.6) is 0 Å². The molecule has 2 aliphatic rings. The molecule has 92 valence electrons. The summed E-state index contributed by atoms with van der Waals surface area (Å²) in [5.41, 5.74) is 0. The molecule has 2 heterocycles. The summed E-state index contributed by atoms with van der Waals surface area (Å²) >= 11 is 0. The summed E-state index contributed by atoms with van der Waals surface area (Å²) in [4.78, 5) is 7.57. The molecule has 0 aromatic rings. The van der Waals surface area contributed by atoms with Crippen LogP contribution in [0, 0.1) is 0 Å². The van der Waals surface area contributed by atoms with E-state index in [0.29, 0.717) is 12.8 Å². The molecule has 2 aliphatic heterocycles. The number of nitrogens with zero attached hydrogens (tertiary/aromatic N) is 2. The molecule has 0 fully saturated rings. The van der Waals surface area contributed by atoms with Crippen molar-refractivity contribution >= 4 is 49.5 Å². The Morgan fingerprint density at radius 1 is 0.647 bits per heavy atom. The van der Waals surface area contributed by atoms with Crippen LogP contribution in [0.25, 0.3) is 0 Å². The quantitative estimate of drug-likeness (QED) is 0.589. The summed E-state index contributed by atoms with van der Waals surface area (Å²) in [6, 6.07) is 0. The number of hydrogen-bond acceptors (Lipinski definition) is 4. The molecule has 0 aromatic heterocycles. The van der Waals surface area contributed by atoms with Crippen molar-refractivity contribution < 1.29 is 10.2 Å². The Bertz CT molecular complexity index is 229. The molecule has 0 aliphatic carbocycles. The Balaban J connectivity index is 0.000000284. The monoisotopic (exact) mass is 264 g/mol. The predicted molar refractivity (Wildman–Crippen MR) is 67.3 cm³/mol. The molecule has 0 atom stereocenters. The molecule has 0 saturated heterocycles. The van der Waals surface area contributed by atoms with Crippen LogP contribution < -0.4 is 10.2 Å². The van der Waals surface area contributed by atoms with E-state index in [0.717, 1.165) is 38.8 Å². The molecule has 5 heteroatoms. The summed E-state index contributed by atoms with van der Waals surface area (Å²) in [6.45, 7) is 1.53. The van der Waals surface area contributed by atoms with Crippen LogP contribution in [0.4, 0.5) is 0 Å². The van der Waals surface area contributed by atoms with Crippen LogP contribution in [0.3, 0.4) is 0 Å². The molecule has 0 spiro atoms. The van der Waals surface area contributed by atoms with Gasteiger partial charge in [0.1, 0.15) is 0 Å². The summed E-state index contributed by atoms with van der Waals surface area (Å²) in [5.74, 6) is 0.199. The average Bonchev–Trinajstić information content (AvgIpc) is 2.64. The molecular formula is C12H20CaN2O2. The molecule has 0 bridgehead atoms. The van der Waals surface area contributed by atoms with Crippen molar-refractivity contribution in [3.8, 4) is 0 Å². The second kappa shape index (κ2) is 11.3. The Kier molecular flexibility index (Phi) is 11.4. The molecule has 17 heavy (non-hydrogen) atoms. The van der Waals surface area contributed by atoms with Crippen molar-refractivity contribution in [3.05, 3.63) is 0 Å². The van der Waals surface area contributed by atoms with E-state index in [1.807, 2.05) is 0 Å². The summed E-state index contributed by atoms with van der Waals surface area (Å²) < 4.78 is 0. The van der Waals surface area contributed by atoms with E-state index in [-0.39, 0.29) is 49.5 Å². The molecule has 4 nitrogen and oxygen atoms in total. The first-order valence-electron chi connectivity index (χ1n) is 6.20. The first-order chi connectivity index (χ1) is 7.79. The van der Waals surface area contributed by atoms with Gasteiger partial charge in [0.25, 0.3) is 0 Å². The molecule has 0 N–H and O–H groups in total. The maximum atomic E-state index is 10.5. The third-order valence-electron chi connectivity index (χ3n) is 2.67. The van der Waals surface area contributed by atoms with E-state index >= 15 is 0 Å². The van der Waals surface area contributed by atoms with Gasteiger partial charge >= 0.3 is 37.7 Å². The fraction of sp³-hybridized carbons (Fsp3) is 0.833. The fourth-order valence-corrected chi connectivity index (χ4v) is 1.70. The third kappa shape index (κ3) is 9.86. The first-order valence-corrected chi connectivity index (χ1v) is 6.20. The van der Waals surface area contributed by atoms with Crippen LogP contribution in [0.15, 0.2) is 9.98 Å². The van der Waals surface area contributed by atoms with Crippen molar-refractivity contribution in [2.45, 2.75) is 51.4 Å². The Morgan fingerprint density at radius 3 is 1.47 bits per heavy atom. The van der Waals surface area contributed by atoms with E-state index < -0.39 is 0 Å². The summed E-state index contributed by atoms with van der Waals surface area (Å²) in [5, 5.41) is 21.0. The van der Waals surface area contributed by atoms with Crippen LogP contribution in [-0.4, -0.2) is 62.6 Å². The van der Waals surface area contributed by atoms with Crippen LogP contribution in [0.1, 0.15) is 51.4 Å². The maximum Gasteiger partial charge on any atom is 2.00 e. The minimum Gasteiger partial charge on any atom is -0.862 e. The van der Waals surface area contributed by atoms with E-state index in [9.17, 15) is 10.2 Å². The molecular weight excluding hydrogens is 244 g/mol. The minimum atomic E-state index is 0. The Hall–Kier alpha value is 0.200. The van der Waals surface area contributed by atoms with Crippen molar-refractivity contribution in [1.82, 2.24) is 0 Å². The maximum absolute atomic E-state index is 10.5. The molecule has 0 aromatic carbocycles. The molecule has 0 unspecified atom stereocenters. The fourth-order valence-electron chi connectivity index (χ4n) is 1.70. The SMILES string of the molecule is [Ca+2].[O-]C1=NCCCCC1.[O-]C1=NCCCCC1. The van der Waals surface area contributed by atoms with E-state index in [4.69, 9.17) is 0 Å². The smallest absolute Gasteiger partial charge is 0.862 e. The normalized spacial score (nSPS) is 20.5. The Labute approximate surface area is 133 Å². The zero-order valence-corrected chi connectivity index (χ0v) is 12.7.